The summed E-state index contributed by atoms with van der Waals surface area (Å²) in [5.41, 5.74) is 4.29. The summed E-state index contributed by atoms with van der Waals surface area (Å²) in [5.74, 6) is 2.36. The highest BCUT2D eigenvalue weighted by Crippen LogP contribution is 2.53. The molecule has 0 spiro atoms. The molecule has 1 aliphatic carbocycles. The van der Waals surface area contributed by atoms with E-state index in [1.54, 1.807) is 40.6 Å². The molecular weight excluding hydrogens is 480 g/mol. The smallest absolute Gasteiger partial charge is 0.171 e. The summed E-state index contributed by atoms with van der Waals surface area (Å²) in [6.45, 7) is 0.477. The molecule has 0 saturated carbocycles. The van der Waals surface area contributed by atoms with Crippen molar-refractivity contribution in [2.45, 2.75) is 18.4 Å². The molecule has 1 aliphatic rings. The number of Topliss-reactive ketones (excluding diaryl/α,β-unsaturated/α-hetero) is 1. The molecule has 0 unspecified atom stereocenters. The van der Waals surface area contributed by atoms with Gasteiger partial charge in [0, 0.05) is 29.2 Å². The lowest BCUT2D eigenvalue weighted by atomic mass is 9.81. The minimum atomic E-state index is -0.508. The molecule has 0 radical (unpaired) electrons. The summed E-state index contributed by atoms with van der Waals surface area (Å²) in [7, 11) is 6.39. The van der Waals surface area contributed by atoms with Gasteiger partial charge in [0.1, 0.15) is 35.4 Å². The molecule has 6 nitrogen and oxygen atoms in total. The Morgan fingerprint density at radius 3 is 1.84 bits per heavy atom. The number of ketones is 1. The Hall–Kier alpha value is -4.45. The van der Waals surface area contributed by atoms with Crippen LogP contribution in [0.2, 0.25) is 0 Å². The average molecular weight is 511 g/mol. The fourth-order valence-corrected chi connectivity index (χ4v) is 5.12. The number of ether oxygens (including phenoxy) is 5. The van der Waals surface area contributed by atoms with Gasteiger partial charge in [-0.3, -0.25) is 4.79 Å². The third kappa shape index (κ3) is 4.77. The van der Waals surface area contributed by atoms with Crippen LogP contribution in [0.3, 0.4) is 0 Å². The van der Waals surface area contributed by atoms with E-state index in [9.17, 15) is 4.79 Å². The Kier molecular flexibility index (Phi) is 7.22. The SMILES string of the molecule is COc1cc(OC)cc([C@@H]2C(=O)c3cc(OC)cc(OC)c3[C@H]2c2ccc(OCc3ccccc3)cc2)c1. The van der Waals surface area contributed by atoms with Crippen LogP contribution < -0.4 is 23.7 Å². The van der Waals surface area contributed by atoms with Gasteiger partial charge >= 0.3 is 0 Å². The van der Waals surface area contributed by atoms with E-state index in [-0.39, 0.29) is 11.7 Å². The molecular formula is C32H30O6. The Bertz CT molecular complexity index is 1410. The van der Waals surface area contributed by atoms with Crippen molar-refractivity contribution in [3.63, 3.8) is 0 Å². The number of rotatable bonds is 9. The number of carbonyl (C=O) groups is 1. The summed E-state index contributed by atoms with van der Waals surface area (Å²) >= 11 is 0. The summed E-state index contributed by atoms with van der Waals surface area (Å²) < 4.78 is 28.3. The average Bonchev–Trinajstić information content (AvgIpc) is 3.28. The van der Waals surface area contributed by atoms with Gasteiger partial charge in [-0.05, 0) is 47.0 Å². The lowest BCUT2D eigenvalue weighted by Gasteiger charge is -2.23. The topological polar surface area (TPSA) is 63.2 Å². The van der Waals surface area contributed by atoms with Gasteiger partial charge in [0.05, 0.1) is 34.4 Å². The zero-order chi connectivity index (χ0) is 26.6. The highest BCUT2D eigenvalue weighted by Gasteiger charge is 2.44. The Morgan fingerprint density at radius 1 is 0.605 bits per heavy atom. The van der Waals surface area contributed by atoms with Crippen molar-refractivity contribution in [3.8, 4) is 28.7 Å². The van der Waals surface area contributed by atoms with Gasteiger partial charge in [-0.25, -0.2) is 0 Å². The van der Waals surface area contributed by atoms with E-state index in [2.05, 4.69) is 0 Å². The number of fused-ring (bicyclic) bond motifs is 1. The molecule has 5 rings (SSSR count). The molecule has 0 N–H and O–H groups in total. The summed E-state index contributed by atoms with van der Waals surface area (Å²) in [6.07, 6.45) is 0. The predicted octanol–water partition coefficient (Wildman–Crippen LogP) is 6.41. The summed E-state index contributed by atoms with van der Waals surface area (Å²) in [4.78, 5) is 14.0. The summed E-state index contributed by atoms with van der Waals surface area (Å²) in [6, 6.07) is 27.2. The van der Waals surface area contributed by atoms with E-state index in [1.165, 1.54) is 0 Å². The standard InChI is InChI=1S/C32H30O6/c1-34-24-14-22(15-25(16-24)35-2)30-29(31-27(32(30)33)17-26(36-3)18-28(31)37-4)21-10-12-23(13-11-21)38-19-20-8-6-5-7-9-20/h5-18,29-30H,19H2,1-4H3/t29-,30-/m0/s1. The molecule has 4 aromatic rings. The molecule has 0 aromatic heterocycles. The molecule has 0 aliphatic heterocycles. The van der Waals surface area contributed by atoms with Gasteiger partial charge in [-0.1, -0.05) is 42.5 Å². The molecule has 38 heavy (non-hydrogen) atoms. The van der Waals surface area contributed by atoms with Gasteiger partial charge in [-0.2, -0.15) is 0 Å². The number of benzene rings is 4. The van der Waals surface area contributed by atoms with Crippen molar-refractivity contribution in [1.29, 1.82) is 0 Å². The van der Waals surface area contributed by atoms with Crippen molar-refractivity contribution in [1.82, 2.24) is 0 Å². The maximum absolute atomic E-state index is 14.0. The van der Waals surface area contributed by atoms with Gasteiger partial charge < -0.3 is 23.7 Å². The van der Waals surface area contributed by atoms with Crippen LogP contribution in [0.1, 0.15) is 44.4 Å². The third-order valence-electron chi connectivity index (χ3n) is 6.98. The van der Waals surface area contributed by atoms with Crippen LogP contribution in [0.4, 0.5) is 0 Å². The van der Waals surface area contributed by atoms with Crippen LogP contribution in [0.15, 0.2) is 84.9 Å². The largest absolute Gasteiger partial charge is 0.497 e. The highest BCUT2D eigenvalue weighted by atomic mass is 16.5. The lowest BCUT2D eigenvalue weighted by molar-refractivity contribution is 0.0968. The molecule has 6 heteroatoms. The number of hydrogen-bond donors (Lipinski definition) is 0. The maximum atomic E-state index is 14.0. The van der Waals surface area contributed by atoms with Crippen LogP contribution in [0.25, 0.3) is 0 Å². The van der Waals surface area contributed by atoms with Crippen LogP contribution in [0, 0.1) is 0 Å². The molecule has 0 fully saturated rings. The predicted molar refractivity (Wildman–Crippen MR) is 145 cm³/mol. The van der Waals surface area contributed by atoms with E-state index in [4.69, 9.17) is 23.7 Å². The first kappa shape index (κ1) is 25.2. The molecule has 194 valence electrons. The Balaban J connectivity index is 1.58. The van der Waals surface area contributed by atoms with E-state index in [0.717, 1.165) is 28.0 Å². The normalized spacial score (nSPS) is 16.1. The second kappa shape index (κ2) is 10.9. The molecule has 0 heterocycles. The van der Waals surface area contributed by atoms with E-state index in [1.807, 2.05) is 72.8 Å². The van der Waals surface area contributed by atoms with Crippen LogP contribution in [0.5, 0.6) is 28.7 Å². The first-order chi connectivity index (χ1) is 18.6. The first-order valence-corrected chi connectivity index (χ1v) is 12.4. The highest BCUT2D eigenvalue weighted by molar-refractivity contribution is 6.08. The third-order valence-corrected chi connectivity index (χ3v) is 6.98. The number of hydrogen-bond acceptors (Lipinski definition) is 6. The second-order valence-electron chi connectivity index (χ2n) is 9.10. The Labute approximate surface area is 222 Å². The molecule has 2 atom stereocenters. The van der Waals surface area contributed by atoms with Crippen LogP contribution in [-0.2, 0) is 6.61 Å². The molecule has 0 saturated heterocycles. The van der Waals surface area contributed by atoms with Crippen LogP contribution >= 0.6 is 0 Å². The monoisotopic (exact) mass is 510 g/mol. The number of methoxy groups -OCH3 is 4. The zero-order valence-corrected chi connectivity index (χ0v) is 21.9. The van der Waals surface area contributed by atoms with Crippen molar-refractivity contribution in [2.75, 3.05) is 28.4 Å². The maximum Gasteiger partial charge on any atom is 0.171 e. The minimum absolute atomic E-state index is 0.0121. The van der Waals surface area contributed by atoms with Crippen molar-refractivity contribution < 1.29 is 28.5 Å². The van der Waals surface area contributed by atoms with Gasteiger partial charge in [0.25, 0.3) is 0 Å². The fourth-order valence-electron chi connectivity index (χ4n) is 5.12. The second-order valence-corrected chi connectivity index (χ2v) is 9.10. The molecule has 4 aromatic carbocycles. The van der Waals surface area contributed by atoms with E-state index in [0.29, 0.717) is 35.2 Å². The summed E-state index contributed by atoms with van der Waals surface area (Å²) in [5, 5.41) is 0. The Morgan fingerprint density at radius 2 is 1.24 bits per heavy atom. The van der Waals surface area contributed by atoms with Gasteiger partial charge in [0.2, 0.25) is 0 Å². The minimum Gasteiger partial charge on any atom is -0.497 e. The first-order valence-electron chi connectivity index (χ1n) is 12.4. The molecule has 0 bridgehead atoms. The number of carbonyl (C=O) groups excluding carboxylic acids is 1. The van der Waals surface area contributed by atoms with Crippen molar-refractivity contribution in [3.05, 3.63) is 113 Å². The molecule has 0 amide bonds. The van der Waals surface area contributed by atoms with E-state index >= 15 is 0 Å². The van der Waals surface area contributed by atoms with E-state index < -0.39 is 5.92 Å². The van der Waals surface area contributed by atoms with Crippen molar-refractivity contribution >= 4 is 5.78 Å². The van der Waals surface area contributed by atoms with Gasteiger partial charge in [0.15, 0.2) is 5.78 Å². The van der Waals surface area contributed by atoms with Crippen molar-refractivity contribution in [2.24, 2.45) is 0 Å². The lowest BCUT2D eigenvalue weighted by Crippen LogP contribution is -2.13. The zero-order valence-electron chi connectivity index (χ0n) is 21.9. The fraction of sp³-hybridized carbons (Fsp3) is 0.219. The van der Waals surface area contributed by atoms with Gasteiger partial charge in [-0.15, -0.1) is 0 Å². The quantitative estimate of drug-likeness (QED) is 0.259. The van der Waals surface area contributed by atoms with Crippen LogP contribution in [-0.4, -0.2) is 34.2 Å².